The number of ether oxygens (including phenoxy) is 1. The van der Waals surface area contributed by atoms with Crippen molar-refractivity contribution >= 4 is 11.6 Å². The zero-order chi connectivity index (χ0) is 15.2. The number of benzene rings is 2. The predicted octanol–water partition coefficient (Wildman–Crippen LogP) is 2.08. The second-order valence-electron chi connectivity index (χ2n) is 4.42. The van der Waals surface area contributed by atoms with E-state index in [1.54, 1.807) is 36.4 Å². The normalized spacial score (nSPS) is 9.71. The molecule has 3 N–H and O–H groups in total. The maximum atomic E-state index is 12.2. The molecule has 0 atom stereocenters. The Labute approximate surface area is 123 Å². The highest BCUT2D eigenvalue weighted by Gasteiger charge is 2.13. The van der Waals surface area contributed by atoms with Crippen molar-refractivity contribution < 1.29 is 9.53 Å². The summed E-state index contributed by atoms with van der Waals surface area (Å²) in [6, 6.07) is 14.2. The van der Waals surface area contributed by atoms with Gasteiger partial charge in [0.25, 0.3) is 5.91 Å². The van der Waals surface area contributed by atoms with Gasteiger partial charge in [0.2, 0.25) is 0 Å². The molecule has 0 saturated carbocycles. The Morgan fingerprint density at radius 1 is 1.33 bits per heavy atom. The van der Waals surface area contributed by atoms with Gasteiger partial charge in [-0.25, -0.2) is 0 Å². The number of nitrogens with two attached hydrogens (primary N) is 1. The van der Waals surface area contributed by atoms with Crippen LogP contribution in [0.3, 0.4) is 0 Å². The van der Waals surface area contributed by atoms with Crippen LogP contribution in [-0.2, 0) is 6.54 Å². The number of nitrogen functional groups attached to an aromatic ring is 1. The van der Waals surface area contributed by atoms with Gasteiger partial charge in [0.1, 0.15) is 0 Å². The lowest BCUT2D eigenvalue weighted by molar-refractivity contribution is 0.0948. The van der Waals surface area contributed by atoms with Crippen molar-refractivity contribution in [3.05, 3.63) is 59.2 Å². The van der Waals surface area contributed by atoms with E-state index < -0.39 is 0 Å². The SMILES string of the molecule is COc1c(N)cccc1C(=O)NCc1cccc(C#N)c1. The lowest BCUT2D eigenvalue weighted by atomic mass is 10.1. The number of methoxy groups -OCH3 is 1. The molecule has 0 saturated heterocycles. The molecule has 2 aromatic rings. The highest BCUT2D eigenvalue weighted by atomic mass is 16.5. The topological polar surface area (TPSA) is 88.1 Å². The van der Waals surface area contributed by atoms with Crippen LogP contribution in [0.25, 0.3) is 0 Å². The summed E-state index contributed by atoms with van der Waals surface area (Å²) in [6.07, 6.45) is 0. The molecule has 0 bridgehead atoms. The van der Waals surface area contributed by atoms with E-state index in [4.69, 9.17) is 15.7 Å². The minimum atomic E-state index is -0.276. The molecule has 106 valence electrons. The van der Waals surface area contributed by atoms with Gasteiger partial charge in [0.15, 0.2) is 5.75 Å². The summed E-state index contributed by atoms with van der Waals surface area (Å²) in [5.41, 5.74) is 7.98. The van der Waals surface area contributed by atoms with Gasteiger partial charge in [-0.2, -0.15) is 5.26 Å². The molecule has 0 unspecified atom stereocenters. The average molecular weight is 281 g/mol. The molecule has 0 aliphatic rings. The zero-order valence-electron chi connectivity index (χ0n) is 11.6. The number of hydrogen-bond donors (Lipinski definition) is 2. The number of nitriles is 1. The molecule has 1 amide bonds. The Balaban J connectivity index is 2.12. The molecular weight excluding hydrogens is 266 g/mol. The number of para-hydroxylation sites is 1. The highest BCUT2D eigenvalue weighted by Crippen LogP contribution is 2.25. The van der Waals surface area contributed by atoms with Gasteiger partial charge < -0.3 is 15.8 Å². The molecule has 2 rings (SSSR count). The summed E-state index contributed by atoms with van der Waals surface area (Å²) >= 11 is 0. The fraction of sp³-hybridized carbons (Fsp3) is 0.125. The molecule has 0 fully saturated rings. The first-order valence-corrected chi connectivity index (χ1v) is 6.35. The van der Waals surface area contributed by atoms with Crippen LogP contribution >= 0.6 is 0 Å². The Bertz CT molecular complexity index is 705. The van der Waals surface area contributed by atoms with Crippen molar-refractivity contribution in [2.24, 2.45) is 0 Å². The molecule has 0 spiro atoms. The van der Waals surface area contributed by atoms with Gasteiger partial charge in [0.05, 0.1) is 30.0 Å². The molecule has 5 heteroatoms. The number of carbonyl (C=O) groups is 1. The van der Waals surface area contributed by atoms with Crippen LogP contribution in [0.15, 0.2) is 42.5 Å². The third-order valence-corrected chi connectivity index (χ3v) is 3.00. The second kappa shape index (κ2) is 6.44. The van der Waals surface area contributed by atoms with Gasteiger partial charge in [-0.05, 0) is 29.8 Å². The van der Waals surface area contributed by atoms with Crippen LogP contribution in [0.5, 0.6) is 5.75 Å². The van der Waals surface area contributed by atoms with Crippen LogP contribution in [-0.4, -0.2) is 13.0 Å². The van der Waals surface area contributed by atoms with Gasteiger partial charge >= 0.3 is 0 Å². The maximum absolute atomic E-state index is 12.2. The van der Waals surface area contributed by atoms with Crippen LogP contribution in [0.4, 0.5) is 5.69 Å². The van der Waals surface area contributed by atoms with Gasteiger partial charge in [0, 0.05) is 6.54 Å². The quantitative estimate of drug-likeness (QED) is 0.840. The maximum Gasteiger partial charge on any atom is 0.255 e. The average Bonchev–Trinajstić information content (AvgIpc) is 2.52. The molecule has 0 radical (unpaired) electrons. The van der Waals surface area contributed by atoms with Gasteiger partial charge in [-0.15, -0.1) is 0 Å². The lowest BCUT2D eigenvalue weighted by Gasteiger charge is -2.11. The lowest BCUT2D eigenvalue weighted by Crippen LogP contribution is -2.23. The number of amides is 1. The minimum absolute atomic E-state index is 0.276. The van der Waals surface area contributed by atoms with E-state index in [1.807, 2.05) is 6.07 Å². The summed E-state index contributed by atoms with van der Waals surface area (Å²) in [5.74, 6) is 0.0855. The fourth-order valence-electron chi connectivity index (χ4n) is 1.99. The first-order valence-electron chi connectivity index (χ1n) is 6.35. The summed E-state index contributed by atoms with van der Waals surface area (Å²) in [4.78, 5) is 12.2. The van der Waals surface area contributed by atoms with Crippen molar-refractivity contribution in [3.63, 3.8) is 0 Å². The summed E-state index contributed by atoms with van der Waals surface area (Å²) in [7, 11) is 1.47. The number of carbonyl (C=O) groups excluding carboxylic acids is 1. The Kier molecular flexibility index (Phi) is 4.42. The van der Waals surface area contributed by atoms with E-state index in [-0.39, 0.29) is 5.91 Å². The third kappa shape index (κ3) is 3.31. The van der Waals surface area contributed by atoms with E-state index in [9.17, 15) is 4.79 Å². The van der Waals surface area contributed by atoms with Crippen molar-refractivity contribution in [1.82, 2.24) is 5.32 Å². The Morgan fingerprint density at radius 2 is 2.10 bits per heavy atom. The summed E-state index contributed by atoms with van der Waals surface area (Å²) in [6.45, 7) is 0.326. The summed E-state index contributed by atoms with van der Waals surface area (Å²) in [5, 5.41) is 11.6. The number of hydrogen-bond acceptors (Lipinski definition) is 4. The number of rotatable bonds is 4. The smallest absolute Gasteiger partial charge is 0.255 e. The van der Waals surface area contributed by atoms with Gasteiger partial charge in [-0.1, -0.05) is 18.2 Å². The zero-order valence-corrected chi connectivity index (χ0v) is 11.6. The van der Waals surface area contributed by atoms with Crippen molar-refractivity contribution in [3.8, 4) is 11.8 Å². The molecule has 5 nitrogen and oxygen atoms in total. The van der Waals surface area contributed by atoms with E-state index in [0.29, 0.717) is 29.1 Å². The fourth-order valence-corrected chi connectivity index (χ4v) is 1.99. The van der Waals surface area contributed by atoms with Crippen LogP contribution in [0.2, 0.25) is 0 Å². The molecule has 0 heterocycles. The van der Waals surface area contributed by atoms with Crippen molar-refractivity contribution in [1.29, 1.82) is 5.26 Å². The van der Waals surface area contributed by atoms with E-state index in [1.165, 1.54) is 7.11 Å². The van der Waals surface area contributed by atoms with E-state index in [0.717, 1.165) is 5.56 Å². The first kappa shape index (κ1) is 14.4. The van der Waals surface area contributed by atoms with Gasteiger partial charge in [-0.3, -0.25) is 4.79 Å². The first-order chi connectivity index (χ1) is 10.2. The molecule has 21 heavy (non-hydrogen) atoms. The number of nitrogens with zero attached hydrogens (tertiary/aromatic N) is 1. The molecular formula is C16H15N3O2. The Morgan fingerprint density at radius 3 is 2.81 bits per heavy atom. The molecule has 2 aromatic carbocycles. The van der Waals surface area contributed by atoms with Crippen molar-refractivity contribution in [2.75, 3.05) is 12.8 Å². The highest BCUT2D eigenvalue weighted by molar-refractivity contribution is 5.98. The van der Waals surface area contributed by atoms with Crippen LogP contribution < -0.4 is 15.8 Å². The van der Waals surface area contributed by atoms with Crippen molar-refractivity contribution in [2.45, 2.75) is 6.54 Å². The standard InChI is InChI=1S/C16H15N3O2/c1-21-15-13(6-3-7-14(15)18)16(20)19-10-12-5-2-4-11(8-12)9-17/h2-8H,10,18H2,1H3,(H,19,20). The van der Waals surface area contributed by atoms with Crippen LogP contribution in [0.1, 0.15) is 21.5 Å². The third-order valence-electron chi connectivity index (χ3n) is 3.00. The number of anilines is 1. The Hall–Kier alpha value is -3.00. The van der Waals surface area contributed by atoms with E-state index in [2.05, 4.69) is 11.4 Å². The largest absolute Gasteiger partial charge is 0.494 e. The van der Waals surface area contributed by atoms with Crippen LogP contribution in [0, 0.1) is 11.3 Å². The predicted molar refractivity (Wildman–Crippen MR) is 79.7 cm³/mol. The molecule has 0 aliphatic carbocycles. The summed E-state index contributed by atoms with van der Waals surface area (Å²) < 4.78 is 5.16. The molecule has 0 aromatic heterocycles. The number of nitrogens with one attached hydrogen (secondary N) is 1. The monoisotopic (exact) mass is 281 g/mol. The van der Waals surface area contributed by atoms with E-state index >= 15 is 0 Å². The second-order valence-corrected chi connectivity index (χ2v) is 4.42. The molecule has 0 aliphatic heterocycles. The minimum Gasteiger partial charge on any atom is -0.494 e.